The van der Waals surface area contributed by atoms with Gasteiger partial charge in [-0.3, -0.25) is 9.59 Å². The van der Waals surface area contributed by atoms with Gasteiger partial charge in [0.25, 0.3) is 5.91 Å². The van der Waals surface area contributed by atoms with Crippen LogP contribution in [0.1, 0.15) is 34.1 Å². The Kier molecular flexibility index (Phi) is 6.13. The van der Waals surface area contributed by atoms with Crippen LogP contribution in [0, 0.1) is 0 Å². The fourth-order valence-corrected chi connectivity index (χ4v) is 4.31. The molecular formula is C24H25ClN2O5. The third-order valence-corrected chi connectivity index (χ3v) is 5.89. The van der Waals surface area contributed by atoms with Gasteiger partial charge in [-0.2, -0.15) is 0 Å². The van der Waals surface area contributed by atoms with Gasteiger partial charge in [0.05, 0.1) is 31.2 Å². The summed E-state index contributed by atoms with van der Waals surface area (Å²) in [6, 6.07) is 9.67. The summed E-state index contributed by atoms with van der Waals surface area (Å²) in [4.78, 5) is 30.7. The fraction of sp³-hybridized carbons (Fsp3) is 0.333. The molecule has 1 aromatic heterocycles. The molecule has 1 aliphatic rings. The second-order valence-corrected chi connectivity index (χ2v) is 8.42. The smallest absolute Gasteiger partial charge is 0.290 e. The fourth-order valence-electron chi connectivity index (χ4n) is 4.15. The number of carbonyl (C=O) groups is 1. The second kappa shape index (κ2) is 8.84. The summed E-state index contributed by atoms with van der Waals surface area (Å²) in [6.45, 7) is 1.27. The number of hydrogen-bond acceptors (Lipinski definition) is 6. The van der Waals surface area contributed by atoms with Crippen LogP contribution in [-0.4, -0.2) is 57.1 Å². The number of ether oxygens (including phenoxy) is 2. The maximum absolute atomic E-state index is 13.5. The lowest BCUT2D eigenvalue weighted by atomic mass is 9.98. The van der Waals surface area contributed by atoms with Gasteiger partial charge in [-0.1, -0.05) is 17.7 Å². The van der Waals surface area contributed by atoms with Crippen LogP contribution < -0.4 is 14.9 Å². The molecule has 8 heteroatoms. The van der Waals surface area contributed by atoms with Crippen molar-refractivity contribution in [1.82, 2.24) is 9.80 Å². The number of carbonyl (C=O) groups excluding carboxylic acids is 1. The van der Waals surface area contributed by atoms with Crippen LogP contribution in [0.3, 0.4) is 0 Å². The Morgan fingerprint density at radius 3 is 2.50 bits per heavy atom. The van der Waals surface area contributed by atoms with E-state index >= 15 is 0 Å². The molecule has 0 bridgehead atoms. The van der Waals surface area contributed by atoms with Crippen LogP contribution in [-0.2, 0) is 0 Å². The van der Waals surface area contributed by atoms with Crippen LogP contribution >= 0.6 is 11.6 Å². The summed E-state index contributed by atoms with van der Waals surface area (Å²) >= 11 is 6.08. The topological polar surface area (TPSA) is 72.2 Å². The van der Waals surface area contributed by atoms with Gasteiger partial charge in [-0.15, -0.1) is 0 Å². The van der Waals surface area contributed by atoms with E-state index in [-0.39, 0.29) is 17.1 Å². The average molecular weight is 457 g/mol. The van der Waals surface area contributed by atoms with Crippen molar-refractivity contribution < 1.29 is 18.7 Å². The highest BCUT2D eigenvalue weighted by Gasteiger charge is 2.42. The average Bonchev–Trinajstić information content (AvgIpc) is 3.05. The first-order chi connectivity index (χ1) is 15.3. The molecule has 2 aromatic carbocycles. The summed E-state index contributed by atoms with van der Waals surface area (Å²) in [5.74, 6) is 0.850. The van der Waals surface area contributed by atoms with E-state index in [1.165, 1.54) is 0 Å². The molecule has 0 spiro atoms. The van der Waals surface area contributed by atoms with Crippen molar-refractivity contribution in [3.63, 3.8) is 0 Å². The Hall–Kier alpha value is -3.03. The van der Waals surface area contributed by atoms with Gasteiger partial charge in [-0.25, -0.2) is 0 Å². The quantitative estimate of drug-likeness (QED) is 0.536. The Bertz CT molecular complexity index is 1240. The number of halogens is 1. The van der Waals surface area contributed by atoms with E-state index in [9.17, 15) is 9.59 Å². The van der Waals surface area contributed by atoms with E-state index in [0.717, 1.165) is 18.5 Å². The first-order valence-electron chi connectivity index (χ1n) is 10.3. The van der Waals surface area contributed by atoms with E-state index in [2.05, 4.69) is 4.90 Å². The summed E-state index contributed by atoms with van der Waals surface area (Å²) in [6.07, 6.45) is 0.746. The monoisotopic (exact) mass is 456 g/mol. The molecule has 1 unspecified atom stereocenters. The van der Waals surface area contributed by atoms with Crippen LogP contribution in [0.15, 0.2) is 45.6 Å². The van der Waals surface area contributed by atoms with E-state index in [0.29, 0.717) is 39.6 Å². The number of methoxy groups -OCH3 is 2. The first kappa shape index (κ1) is 22.2. The summed E-state index contributed by atoms with van der Waals surface area (Å²) in [5, 5.41) is 0.826. The van der Waals surface area contributed by atoms with Gasteiger partial charge < -0.3 is 23.7 Å². The van der Waals surface area contributed by atoms with Crippen molar-refractivity contribution in [3.05, 3.63) is 68.5 Å². The van der Waals surface area contributed by atoms with Crippen LogP contribution in [0.4, 0.5) is 0 Å². The summed E-state index contributed by atoms with van der Waals surface area (Å²) < 4.78 is 16.8. The molecule has 3 aromatic rings. The van der Waals surface area contributed by atoms with E-state index in [4.69, 9.17) is 25.5 Å². The lowest BCUT2D eigenvalue weighted by Gasteiger charge is -2.26. The number of fused-ring (bicyclic) bond motifs is 2. The lowest BCUT2D eigenvalue weighted by Crippen LogP contribution is -2.32. The second-order valence-electron chi connectivity index (χ2n) is 7.99. The van der Waals surface area contributed by atoms with E-state index in [1.54, 1.807) is 49.5 Å². The number of nitrogens with zero attached hydrogens (tertiary/aromatic N) is 2. The molecule has 0 radical (unpaired) electrons. The predicted octanol–water partition coefficient (Wildman–Crippen LogP) is 3.96. The van der Waals surface area contributed by atoms with Gasteiger partial charge in [0.1, 0.15) is 5.58 Å². The lowest BCUT2D eigenvalue weighted by molar-refractivity contribution is 0.0722. The minimum atomic E-state index is -0.587. The molecule has 1 aliphatic heterocycles. The highest BCUT2D eigenvalue weighted by Crippen LogP contribution is 2.41. The minimum absolute atomic E-state index is 0.0643. The molecular weight excluding hydrogens is 432 g/mol. The Labute approximate surface area is 191 Å². The van der Waals surface area contributed by atoms with Crippen molar-refractivity contribution in [2.75, 3.05) is 41.4 Å². The molecule has 0 fully saturated rings. The molecule has 4 rings (SSSR count). The van der Waals surface area contributed by atoms with Crippen molar-refractivity contribution in [2.24, 2.45) is 0 Å². The number of rotatable bonds is 7. The van der Waals surface area contributed by atoms with Gasteiger partial charge in [0.2, 0.25) is 5.76 Å². The van der Waals surface area contributed by atoms with Gasteiger partial charge in [0.15, 0.2) is 16.9 Å². The standard InChI is InChI=1S/C24H25ClN2O5/c1-26(2)10-5-11-27-21(14-6-9-17(30-3)19(12-14)31-4)20-22(28)16-8-7-15(25)13-18(16)32-23(20)24(27)29/h6-9,12-13,21H,5,10-11H2,1-4H3. The molecule has 2 heterocycles. The predicted molar refractivity (Wildman–Crippen MR) is 123 cm³/mol. The van der Waals surface area contributed by atoms with Crippen molar-refractivity contribution in [1.29, 1.82) is 0 Å². The van der Waals surface area contributed by atoms with Crippen LogP contribution in [0.5, 0.6) is 11.5 Å². The van der Waals surface area contributed by atoms with Crippen molar-refractivity contribution in [3.8, 4) is 11.5 Å². The van der Waals surface area contributed by atoms with Crippen molar-refractivity contribution >= 4 is 28.5 Å². The maximum Gasteiger partial charge on any atom is 0.290 e. The molecule has 32 heavy (non-hydrogen) atoms. The number of hydrogen-bond donors (Lipinski definition) is 0. The maximum atomic E-state index is 13.5. The third-order valence-electron chi connectivity index (χ3n) is 5.66. The van der Waals surface area contributed by atoms with E-state index < -0.39 is 6.04 Å². The van der Waals surface area contributed by atoms with E-state index in [1.807, 2.05) is 20.2 Å². The molecule has 0 N–H and O–H groups in total. The van der Waals surface area contributed by atoms with Gasteiger partial charge >= 0.3 is 0 Å². The Morgan fingerprint density at radius 1 is 1.06 bits per heavy atom. The molecule has 1 amide bonds. The summed E-state index contributed by atoms with van der Waals surface area (Å²) in [5.41, 5.74) is 1.15. The number of benzene rings is 2. The third kappa shape index (κ3) is 3.82. The first-order valence-corrected chi connectivity index (χ1v) is 10.7. The Morgan fingerprint density at radius 2 is 1.81 bits per heavy atom. The Balaban J connectivity index is 1.89. The highest BCUT2D eigenvalue weighted by molar-refractivity contribution is 6.31. The molecule has 7 nitrogen and oxygen atoms in total. The number of amides is 1. The molecule has 168 valence electrons. The molecule has 0 aliphatic carbocycles. The molecule has 0 saturated heterocycles. The SMILES string of the molecule is COc1ccc(C2c3c(oc4cc(Cl)ccc4c3=O)C(=O)N2CCCN(C)C)cc1OC. The van der Waals surface area contributed by atoms with Gasteiger partial charge in [-0.05, 0) is 56.9 Å². The normalized spacial score (nSPS) is 15.5. The van der Waals surface area contributed by atoms with Crippen LogP contribution in [0.2, 0.25) is 5.02 Å². The minimum Gasteiger partial charge on any atom is -0.493 e. The largest absolute Gasteiger partial charge is 0.493 e. The highest BCUT2D eigenvalue weighted by atomic mass is 35.5. The zero-order valence-electron chi connectivity index (χ0n) is 18.5. The van der Waals surface area contributed by atoms with Gasteiger partial charge in [0, 0.05) is 17.6 Å². The zero-order valence-corrected chi connectivity index (χ0v) is 19.2. The zero-order chi connectivity index (χ0) is 23.0. The molecule has 1 atom stereocenters. The molecule has 0 saturated carbocycles. The van der Waals surface area contributed by atoms with Crippen molar-refractivity contribution in [2.45, 2.75) is 12.5 Å². The van der Waals surface area contributed by atoms with Crippen LogP contribution in [0.25, 0.3) is 11.0 Å². The summed E-state index contributed by atoms with van der Waals surface area (Å²) in [7, 11) is 7.07.